The topological polar surface area (TPSA) is 124 Å². The number of nitrogens with one attached hydrogen (secondary N) is 1. The SMILES string of the molecule is Cc1nc(COc2cnc3c(Nc4cc(F)c(F)c([C@]5(C)N=C(N)S[C@@]6(C(F)F)C[C@@H]56)c4)nccc3n2)c(C)o1. The Bertz CT molecular complexity index is 1680. The van der Waals surface area contributed by atoms with Crippen molar-refractivity contribution in [1.82, 2.24) is 19.9 Å². The van der Waals surface area contributed by atoms with Gasteiger partial charge in [0, 0.05) is 36.4 Å². The number of alkyl halides is 2. The van der Waals surface area contributed by atoms with Crippen LogP contribution in [0.3, 0.4) is 0 Å². The minimum absolute atomic E-state index is 0.0788. The molecule has 3 aromatic heterocycles. The molecule has 1 saturated carbocycles. The lowest BCUT2D eigenvalue weighted by Gasteiger charge is -2.34. The number of fused-ring (bicyclic) bond motifs is 2. The molecule has 1 aliphatic carbocycles. The molecular weight excluding hydrogens is 550 g/mol. The molecule has 14 heteroatoms. The maximum absolute atomic E-state index is 15.1. The highest BCUT2D eigenvalue weighted by Crippen LogP contribution is 2.68. The number of nitrogens with zero attached hydrogens (tertiary/aromatic N) is 5. The Kier molecular flexibility index (Phi) is 6.13. The molecule has 0 unspecified atom stereocenters. The lowest BCUT2D eigenvalue weighted by Crippen LogP contribution is -2.39. The number of aryl methyl sites for hydroxylation is 2. The maximum Gasteiger partial charge on any atom is 0.253 e. The molecule has 1 aromatic carbocycles. The summed E-state index contributed by atoms with van der Waals surface area (Å²) in [5.74, 6) is -1.43. The quantitative estimate of drug-likeness (QED) is 0.275. The lowest BCUT2D eigenvalue weighted by molar-refractivity contribution is 0.123. The minimum Gasteiger partial charge on any atom is -0.470 e. The van der Waals surface area contributed by atoms with Crippen LogP contribution in [-0.2, 0) is 12.1 Å². The number of hydrogen-bond acceptors (Lipinski definition) is 10. The van der Waals surface area contributed by atoms with Crippen molar-refractivity contribution >= 4 is 39.5 Å². The van der Waals surface area contributed by atoms with Crippen molar-refractivity contribution in [2.24, 2.45) is 16.6 Å². The van der Waals surface area contributed by atoms with E-state index in [-0.39, 0.29) is 41.1 Å². The Balaban J connectivity index is 1.30. The average molecular weight is 574 g/mol. The van der Waals surface area contributed by atoms with Gasteiger partial charge in [0.2, 0.25) is 5.88 Å². The van der Waals surface area contributed by atoms with Gasteiger partial charge in [-0.3, -0.25) is 4.99 Å². The standard InChI is InChI=1S/C26H23F4N7O2S/c1-11-17(34-12(2)39-11)10-38-19-9-33-21-16(36-19)4-5-32-22(21)35-13-6-14(20(28)15(27)7-13)25(3)18-8-26(18,23(29)30)40-24(31)37-25/h4-7,9,18,23H,8,10H2,1-3H3,(H2,31,37)(H,32,35)/t18-,25-,26-/m0/s1. The van der Waals surface area contributed by atoms with E-state index in [1.807, 2.05) is 0 Å². The largest absolute Gasteiger partial charge is 0.470 e. The van der Waals surface area contributed by atoms with E-state index in [2.05, 4.69) is 30.2 Å². The fourth-order valence-electron chi connectivity index (χ4n) is 5.21. The predicted octanol–water partition coefficient (Wildman–Crippen LogP) is 5.53. The number of hydrogen-bond donors (Lipinski definition) is 2. The number of aliphatic imine (C=N–C) groups is 1. The van der Waals surface area contributed by atoms with E-state index in [1.165, 1.54) is 25.4 Å². The van der Waals surface area contributed by atoms with Gasteiger partial charge >= 0.3 is 0 Å². The summed E-state index contributed by atoms with van der Waals surface area (Å²) in [5, 5.41) is 2.86. The van der Waals surface area contributed by atoms with Gasteiger partial charge in [-0.2, -0.15) is 0 Å². The first-order valence-corrected chi connectivity index (χ1v) is 13.1. The second-order valence-electron chi connectivity index (χ2n) is 9.92. The second-order valence-corrected chi connectivity index (χ2v) is 11.3. The number of rotatable bonds is 7. The van der Waals surface area contributed by atoms with Crippen LogP contribution in [0.2, 0.25) is 0 Å². The maximum atomic E-state index is 15.1. The van der Waals surface area contributed by atoms with E-state index in [1.54, 1.807) is 19.9 Å². The molecule has 2 aliphatic rings. The van der Waals surface area contributed by atoms with Crippen LogP contribution < -0.4 is 15.8 Å². The average Bonchev–Trinajstić information content (AvgIpc) is 3.57. The van der Waals surface area contributed by atoms with Crippen LogP contribution in [0, 0.1) is 31.4 Å². The highest BCUT2D eigenvalue weighted by atomic mass is 32.2. The number of nitrogens with two attached hydrogens (primary N) is 1. The lowest BCUT2D eigenvalue weighted by atomic mass is 9.85. The fraction of sp³-hybridized carbons (Fsp3) is 0.346. The van der Waals surface area contributed by atoms with E-state index >= 15 is 4.39 Å². The van der Waals surface area contributed by atoms with Crippen LogP contribution in [0.25, 0.3) is 11.0 Å². The van der Waals surface area contributed by atoms with Gasteiger partial charge in [0.15, 0.2) is 28.5 Å². The molecule has 3 atom stereocenters. The van der Waals surface area contributed by atoms with Crippen molar-refractivity contribution in [2.75, 3.05) is 5.32 Å². The van der Waals surface area contributed by atoms with Gasteiger partial charge in [-0.1, -0.05) is 11.8 Å². The summed E-state index contributed by atoms with van der Waals surface area (Å²) < 4.78 is 67.5. The molecule has 4 aromatic rings. The molecular formula is C26H23F4N7O2S. The van der Waals surface area contributed by atoms with Gasteiger partial charge in [0.1, 0.15) is 23.6 Å². The first-order valence-electron chi connectivity index (χ1n) is 12.3. The van der Waals surface area contributed by atoms with Gasteiger partial charge in [-0.05, 0) is 32.4 Å². The molecule has 0 spiro atoms. The summed E-state index contributed by atoms with van der Waals surface area (Å²) in [6, 6.07) is 3.92. The molecule has 6 rings (SSSR count). The zero-order valence-corrected chi connectivity index (χ0v) is 22.3. The van der Waals surface area contributed by atoms with E-state index in [4.69, 9.17) is 14.9 Å². The molecule has 0 saturated heterocycles. The molecule has 0 radical (unpaired) electrons. The van der Waals surface area contributed by atoms with Gasteiger partial charge < -0.3 is 20.2 Å². The fourth-order valence-corrected chi connectivity index (χ4v) is 6.55. The first-order chi connectivity index (χ1) is 19.0. The first kappa shape index (κ1) is 26.3. The molecule has 208 valence electrons. The summed E-state index contributed by atoms with van der Waals surface area (Å²) in [4.78, 5) is 21.7. The van der Waals surface area contributed by atoms with E-state index in [0.717, 1.165) is 17.8 Å². The Morgan fingerprint density at radius 2 is 2.02 bits per heavy atom. The molecule has 4 heterocycles. The van der Waals surface area contributed by atoms with Gasteiger partial charge in [-0.15, -0.1) is 0 Å². The van der Waals surface area contributed by atoms with E-state index in [9.17, 15) is 13.2 Å². The van der Waals surface area contributed by atoms with Crippen molar-refractivity contribution in [3.05, 3.63) is 65.1 Å². The Hall–Kier alpha value is -3.94. The van der Waals surface area contributed by atoms with Crippen LogP contribution in [-0.4, -0.2) is 36.3 Å². The van der Waals surface area contributed by atoms with Gasteiger partial charge in [0.05, 0.1) is 22.0 Å². The summed E-state index contributed by atoms with van der Waals surface area (Å²) >= 11 is 0.793. The molecule has 0 bridgehead atoms. The number of anilines is 2. The minimum atomic E-state index is -2.69. The van der Waals surface area contributed by atoms with Crippen molar-refractivity contribution in [2.45, 2.75) is 50.5 Å². The van der Waals surface area contributed by atoms with Crippen LogP contribution in [0.4, 0.5) is 29.1 Å². The highest BCUT2D eigenvalue weighted by molar-refractivity contribution is 8.15. The summed E-state index contributed by atoms with van der Waals surface area (Å²) in [7, 11) is 0. The van der Waals surface area contributed by atoms with Crippen molar-refractivity contribution in [1.29, 1.82) is 0 Å². The van der Waals surface area contributed by atoms with Gasteiger partial charge in [-0.25, -0.2) is 37.5 Å². The Morgan fingerprint density at radius 1 is 1.23 bits per heavy atom. The predicted molar refractivity (Wildman–Crippen MR) is 141 cm³/mol. The number of ether oxygens (including phenoxy) is 1. The second kappa shape index (κ2) is 9.32. The number of halogens is 4. The third-order valence-electron chi connectivity index (χ3n) is 7.27. The number of aromatic nitrogens is 4. The van der Waals surface area contributed by atoms with E-state index < -0.39 is 34.3 Å². The summed E-state index contributed by atoms with van der Waals surface area (Å²) in [6.45, 7) is 5.16. The van der Waals surface area contributed by atoms with Crippen LogP contribution in [0.1, 0.15) is 36.3 Å². The zero-order valence-electron chi connectivity index (χ0n) is 21.5. The van der Waals surface area contributed by atoms with Gasteiger partial charge in [0.25, 0.3) is 6.43 Å². The third kappa shape index (κ3) is 4.30. The summed E-state index contributed by atoms with van der Waals surface area (Å²) in [6.07, 6.45) is 0.265. The molecule has 1 aliphatic heterocycles. The molecule has 3 N–H and O–H groups in total. The molecule has 1 fully saturated rings. The molecule has 40 heavy (non-hydrogen) atoms. The monoisotopic (exact) mass is 573 g/mol. The number of pyridine rings is 1. The van der Waals surface area contributed by atoms with Crippen LogP contribution in [0.15, 0.2) is 40.0 Å². The van der Waals surface area contributed by atoms with E-state index in [0.29, 0.717) is 28.4 Å². The third-order valence-corrected chi connectivity index (χ3v) is 8.58. The number of benzene rings is 1. The van der Waals surface area contributed by atoms with Crippen LogP contribution >= 0.6 is 11.8 Å². The molecule has 0 amide bonds. The molecule has 9 nitrogen and oxygen atoms in total. The smallest absolute Gasteiger partial charge is 0.253 e. The Morgan fingerprint density at radius 3 is 2.75 bits per heavy atom. The summed E-state index contributed by atoms with van der Waals surface area (Å²) in [5.41, 5.74) is 5.77. The number of thioether (sulfide) groups is 1. The number of oxazole rings is 1. The van der Waals surface area contributed by atoms with Crippen LogP contribution in [0.5, 0.6) is 5.88 Å². The normalized spacial score (nSPS) is 23.7. The zero-order chi connectivity index (χ0) is 28.4. The Labute approximate surface area is 229 Å². The number of amidine groups is 1. The van der Waals surface area contributed by atoms with Crippen molar-refractivity contribution < 1.29 is 26.7 Å². The highest BCUT2D eigenvalue weighted by Gasteiger charge is 2.71. The van der Waals surface area contributed by atoms with Crippen molar-refractivity contribution in [3.8, 4) is 5.88 Å². The van der Waals surface area contributed by atoms with Crippen molar-refractivity contribution in [3.63, 3.8) is 0 Å².